The Morgan fingerprint density at radius 2 is 1.89 bits per heavy atom. The number of ether oxygens (including phenoxy) is 1. The van der Waals surface area contributed by atoms with Crippen molar-refractivity contribution in [1.29, 1.82) is 0 Å². The van der Waals surface area contributed by atoms with E-state index in [-0.39, 0.29) is 18.2 Å². The van der Waals surface area contributed by atoms with Crippen LogP contribution in [-0.2, 0) is 9.59 Å². The number of anilines is 1. The number of para-hydroxylation sites is 1. The fraction of sp³-hybridized carbons (Fsp3) is 0.250. The van der Waals surface area contributed by atoms with Gasteiger partial charge in [-0.05, 0) is 43.3 Å². The number of hydrogen-bond acceptors (Lipinski definition) is 5. The maximum atomic E-state index is 12.6. The van der Waals surface area contributed by atoms with Gasteiger partial charge in [0, 0.05) is 18.7 Å². The molecule has 0 bridgehead atoms. The molecule has 2 amide bonds. The minimum atomic E-state index is -0.467. The molecular formula is C20H21N3O3S. The maximum Gasteiger partial charge on any atom is 0.242 e. The SMILES string of the molecule is CCN1C(=O)C(CC(=O)Nc2ccccc2)SC1=Nc1ccc(OC)cc1. The monoisotopic (exact) mass is 383 g/mol. The summed E-state index contributed by atoms with van der Waals surface area (Å²) in [5.74, 6) is 0.476. The summed E-state index contributed by atoms with van der Waals surface area (Å²) in [4.78, 5) is 31.1. The molecule has 2 aromatic carbocycles. The summed E-state index contributed by atoms with van der Waals surface area (Å²) in [7, 11) is 1.61. The van der Waals surface area contributed by atoms with Crippen molar-refractivity contribution in [3.05, 3.63) is 54.6 Å². The van der Waals surface area contributed by atoms with Crippen LogP contribution in [0.4, 0.5) is 11.4 Å². The summed E-state index contributed by atoms with van der Waals surface area (Å²) in [6, 6.07) is 16.5. The van der Waals surface area contributed by atoms with Crippen LogP contribution < -0.4 is 10.1 Å². The molecule has 0 aromatic heterocycles. The van der Waals surface area contributed by atoms with E-state index in [1.54, 1.807) is 12.0 Å². The number of methoxy groups -OCH3 is 1. The zero-order valence-electron chi connectivity index (χ0n) is 15.2. The number of nitrogens with one attached hydrogen (secondary N) is 1. The van der Waals surface area contributed by atoms with Crippen molar-refractivity contribution in [2.45, 2.75) is 18.6 Å². The maximum absolute atomic E-state index is 12.6. The van der Waals surface area contributed by atoms with Gasteiger partial charge >= 0.3 is 0 Å². The molecule has 1 aliphatic heterocycles. The van der Waals surface area contributed by atoms with Gasteiger partial charge < -0.3 is 10.1 Å². The first-order valence-corrected chi connectivity index (χ1v) is 9.54. The molecule has 1 aliphatic rings. The van der Waals surface area contributed by atoms with Crippen LogP contribution in [0.5, 0.6) is 5.75 Å². The molecule has 0 radical (unpaired) electrons. The van der Waals surface area contributed by atoms with E-state index in [1.165, 1.54) is 11.8 Å². The minimum Gasteiger partial charge on any atom is -0.497 e. The number of carbonyl (C=O) groups excluding carboxylic acids is 2. The molecule has 6 nitrogen and oxygen atoms in total. The quantitative estimate of drug-likeness (QED) is 0.826. The van der Waals surface area contributed by atoms with E-state index >= 15 is 0 Å². The molecule has 3 rings (SSSR count). The summed E-state index contributed by atoms with van der Waals surface area (Å²) < 4.78 is 5.15. The lowest BCUT2D eigenvalue weighted by Gasteiger charge is -2.13. The van der Waals surface area contributed by atoms with Crippen LogP contribution in [0.3, 0.4) is 0 Å². The van der Waals surface area contributed by atoms with Gasteiger partial charge in [0.2, 0.25) is 11.8 Å². The Bertz CT molecular complexity index is 837. The molecule has 1 fully saturated rings. The Morgan fingerprint density at radius 3 is 2.52 bits per heavy atom. The van der Waals surface area contributed by atoms with Gasteiger partial charge in [-0.2, -0.15) is 0 Å². The third-order valence-electron chi connectivity index (χ3n) is 4.06. The zero-order valence-corrected chi connectivity index (χ0v) is 16.0. The lowest BCUT2D eigenvalue weighted by atomic mass is 10.2. The van der Waals surface area contributed by atoms with Gasteiger partial charge in [-0.15, -0.1) is 0 Å². The molecule has 140 valence electrons. The molecule has 0 saturated carbocycles. The highest BCUT2D eigenvalue weighted by Gasteiger charge is 2.38. The van der Waals surface area contributed by atoms with Crippen molar-refractivity contribution >= 4 is 40.1 Å². The van der Waals surface area contributed by atoms with Gasteiger partial charge in [-0.3, -0.25) is 14.5 Å². The van der Waals surface area contributed by atoms with E-state index in [2.05, 4.69) is 10.3 Å². The van der Waals surface area contributed by atoms with Gasteiger partial charge in [0.1, 0.15) is 11.0 Å². The number of nitrogens with zero attached hydrogens (tertiary/aromatic N) is 2. The lowest BCUT2D eigenvalue weighted by Crippen LogP contribution is -2.33. The Hall–Kier alpha value is -2.80. The first kappa shape index (κ1) is 19.0. The van der Waals surface area contributed by atoms with Gasteiger partial charge in [0.05, 0.1) is 12.8 Å². The van der Waals surface area contributed by atoms with Gasteiger partial charge in [0.15, 0.2) is 5.17 Å². The molecule has 1 heterocycles. The number of amides is 2. The standard InChI is InChI=1S/C20H21N3O3S/c1-3-23-19(25)17(13-18(24)21-14-7-5-4-6-8-14)27-20(23)22-15-9-11-16(26-2)12-10-15/h4-12,17H,3,13H2,1-2H3,(H,21,24). The molecule has 1 atom stereocenters. The summed E-state index contributed by atoms with van der Waals surface area (Å²) in [5.41, 5.74) is 1.45. The molecule has 1 N–H and O–H groups in total. The van der Waals surface area contributed by atoms with E-state index in [0.717, 1.165) is 17.1 Å². The topological polar surface area (TPSA) is 71.0 Å². The molecule has 27 heavy (non-hydrogen) atoms. The number of thioether (sulfide) groups is 1. The molecule has 0 aliphatic carbocycles. The highest BCUT2D eigenvalue weighted by Crippen LogP contribution is 2.32. The number of aliphatic imine (C=N–C) groups is 1. The van der Waals surface area contributed by atoms with E-state index in [4.69, 9.17) is 4.74 Å². The van der Waals surface area contributed by atoms with Crippen LogP contribution in [-0.4, -0.2) is 40.8 Å². The van der Waals surface area contributed by atoms with Gasteiger partial charge in [-0.1, -0.05) is 30.0 Å². The second-order valence-corrected chi connectivity index (χ2v) is 7.07. The third-order valence-corrected chi connectivity index (χ3v) is 5.24. The highest BCUT2D eigenvalue weighted by molar-refractivity contribution is 8.15. The van der Waals surface area contributed by atoms with Gasteiger partial charge in [0.25, 0.3) is 0 Å². The second kappa shape index (κ2) is 8.73. The predicted molar refractivity (Wildman–Crippen MR) is 109 cm³/mol. The van der Waals surface area contributed by atoms with Crippen molar-refractivity contribution in [2.24, 2.45) is 4.99 Å². The normalized spacial score (nSPS) is 18.0. The minimum absolute atomic E-state index is 0.0852. The van der Waals surface area contributed by atoms with Gasteiger partial charge in [-0.25, -0.2) is 4.99 Å². The number of carbonyl (C=O) groups is 2. The average Bonchev–Trinajstić information content (AvgIpc) is 2.97. The Labute approximate surface area is 162 Å². The van der Waals surface area contributed by atoms with E-state index in [9.17, 15) is 9.59 Å². The molecule has 7 heteroatoms. The lowest BCUT2D eigenvalue weighted by molar-refractivity contribution is -0.128. The van der Waals surface area contributed by atoms with Crippen molar-refractivity contribution in [2.75, 3.05) is 19.0 Å². The van der Waals surface area contributed by atoms with Crippen LogP contribution in [0, 0.1) is 0 Å². The molecule has 1 saturated heterocycles. The summed E-state index contributed by atoms with van der Waals surface area (Å²) in [6.45, 7) is 2.41. The molecule has 0 spiro atoms. The summed E-state index contributed by atoms with van der Waals surface area (Å²) >= 11 is 1.33. The largest absolute Gasteiger partial charge is 0.497 e. The molecular weight excluding hydrogens is 362 g/mol. The van der Waals surface area contributed by atoms with E-state index in [0.29, 0.717) is 11.7 Å². The summed E-state index contributed by atoms with van der Waals surface area (Å²) in [5, 5.41) is 2.97. The number of amidine groups is 1. The van der Waals surface area contributed by atoms with E-state index in [1.807, 2.05) is 61.5 Å². The Balaban J connectivity index is 1.70. The average molecular weight is 383 g/mol. The predicted octanol–water partition coefficient (Wildman–Crippen LogP) is 3.68. The second-order valence-electron chi connectivity index (χ2n) is 5.90. The number of benzene rings is 2. The highest BCUT2D eigenvalue weighted by atomic mass is 32.2. The number of hydrogen-bond donors (Lipinski definition) is 1. The van der Waals surface area contributed by atoms with E-state index < -0.39 is 5.25 Å². The van der Waals surface area contributed by atoms with Crippen LogP contribution in [0.15, 0.2) is 59.6 Å². The van der Waals surface area contributed by atoms with Crippen LogP contribution in [0.25, 0.3) is 0 Å². The van der Waals surface area contributed by atoms with Crippen molar-refractivity contribution < 1.29 is 14.3 Å². The molecule has 1 unspecified atom stereocenters. The zero-order chi connectivity index (χ0) is 19.2. The Morgan fingerprint density at radius 1 is 1.19 bits per heavy atom. The fourth-order valence-corrected chi connectivity index (χ4v) is 3.91. The first-order chi connectivity index (χ1) is 13.1. The summed E-state index contributed by atoms with van der Waals surface area (Å²) in [6.07, 6.45) is 0.108. The van der Waals surface area contributed by atoms with Crippen LogP contribution >= 0.6 is 11.8 Å². The van der Waals surface area contributed by atoms with Crippen LogP contribution in [0.1, 0.15) is 13.3 Å². The molecule has 2 aromatic rings. The third kappa shape index (κ3) is 4.68. The smallest absolute Gasteiger partial charge is 0.242 e. The number of rotatable bonds is 6. The van der Waals surface area contributed by atoms with Crippen molar-refractivity contribution in [3.8, 4) is 5.75 Å². The van der Waals surface area contributed by atoms with Crippen molar-refractivity contribution in [3.63, 3.8) is 0 Å². The first-order valence-electron chi connectivity index (χ1n) is 8.66. The Kier molecular flexibility index (Phi) is 6.13. The fourth-order valence-electron chi connectivity index (χ4n) is 2.69. The van der Waals surface area contributed by atoms with Crippen molar-refractivity contribution in [1.82, 2.24) is 4.90 Å². The van der Waals surface area contributed by atoms with Crippen LogP contribution in [0.2, 0.25) is 0 Å².